The summed E-state index contributed by atoms with van der Waals surface area (Å²) in [5.41, 5.74) is 8.35. The average molecular weight is 549 g/mol. The van der Waals surface area contributed by atoms with Gasteiger partial charge in [0.05, 0.1) is 6.04 Å². The highest BCUT2D eigenvalue weighted by Crippen LogP contribution is 2.39. The number of nitrogens with zero attached hydrogens (tertiary/aromatic N) is 1. The van der Waals surface area contributed by atoms with Gasteiger partial charge in [0.25, 0.3) is 0 Å². The lowest BCUT2D eigenvalue weighted by atomic mass is 9.79. The van der Waals surface area contributed by atoms with Crippen molar-refractivity contribution >= 4 is 0 Å². The molecule has 3 aromatic rings. The van der Waals surface area contributed by atoms with Crippen molar-refractivity contribution in [3.63, 3.8) is 0 Å². The molecule has 1 aliphatic heterocycles. The van der Waals surface area contributed by atoms with E-state index in [-0.39, 0.29) is 11.6 Å². The molecule has 2 nitrogen and oxygen atoms in total. The number of hydrogen-bond acceptors (Lipinski definition) is 2. The normalized spacial score (nSPS) is 15.8. The van der Waals surface area contributed by atoms with Crippen molar-refractivity contribution < 1.29 is 0 Å². The first-order chi connectivity index (χ1) is 20.0. The van der Waals surface area contributed by atoms with Gasteiger partial charge in [-0.3, -0.25) is 4.90 Å². The average Bonchev–Trinajstić information content (AvgIpc) is 3.00. The minimum atomic E-state index is -0.0370. The summed E-state index contributed by atoms with van der Waals surface area (Å²) < 4.78 is 0. The second-order valence-corrected chi connectivity index (χ2v) is 11.3. The number of likely N-dealkylation sites (tertiary alicyclic amines) is 1. The molecule has 0 radical (unpaired) electrons. The molecule has 0 spiro atoms. The fraction of sp³-hybridized carbons (Fsp3) is 0.385. The summed E-state index contributed by atoms with van der Waals surface area (Å²) in [7, 11) is 0. The van der Waals surface area contributed by atoms with Gasteiger partial charge < -0.3 is 5.32 Å². The quantitative estimate of drug-likeness (QED) is 0.200. The van der Waals surface area contributed by atoms with E-state index in [0.29, 0.717) is 0 Å². The summed E-state index contributed by atoms with van der Waals surface area (Å²) in [5, 5.41) is 4.07. The van der Waals surface area contributed by atoms with Gasteiger partial charge in [-0.15, -0.1) is 0 Å². The van der Waals surface area contributed by atoms with Gasteiger partial charge in [0, 0.05) is 25.2 Å². The number of hydrogen-bond donors (Lipinski definition) is 1. The van der Waals surface area contributed by atoms with Gasteiger partial charge in [0.15, 0.2) is 0 Å². The second kappa shape index (κ2) is 16.9. The van der Waals surface area contributed by atoms with Crippen LogP contribution in [0.15, 0.2) is 115 Å². The Bertz CT molecular complexity index is 1210. The Kier molecular flexibility index (Phi) is 13.3. The minimum Gasteiger partial charge on any atom is -0.303 e. The third-order valence-electron chi connectivity index (χ3n) is 8.10. The monoisotopic (exact) mass is 548 g/mol. The molecule has 4 rings (SSSR count). The van der Waals surface area contributed by atoms with Crippen LogP contribution in [0, 0.1) is 13.8 Å². The Balaban J connectivity index is 0.00000147. The van der Waals surface area contributed by atoms with Crippen molar-refractivity contribution in [2.45, 2.75) is 78.8 Å². The molecule has 3 aromatic carbocycles. The number of allylic oxidation sites excluding steroid dienone is 5. The van der Waals surface area contributed by atoms with E-state index in [2.05, 4.69) is 161 Å². The topological polar surface area (TPSA) is 15.3 Å². The van der Waals surface area contributed by atoms with Gasteiger partial charge in [-0.1, -0.05) is 135 Å². The molecule has 1 N–H and O–H groups in total. The van der Waals surface area contributed by atoms with Crippen LogP contribution in [-0.4, -0.2) is 24.5 Å². The molecule has 1 saturated heterocycles. The molecule has 0 bridgehead atoms. The van der Waals surface area contributed by atoms with Gasteiger partial charge in [-0.25, -0.2) is 0 Å². The number of piperidine rings is 1. The zero-order valence-corrected chi connectivity index (χ0v) is 26.4. The first kappa shape index (κ1) is 32.3. The maximum absolute atomic E-state index is 4.07. The fourth-order valence-electron chi connectivity index (χ4n) is 5.82. The highest BCUT2D eigenvalue weighted by atomic mass is 15.2. The van der Waals surface area contributed by atoms with E-state index in [0.717, 1.165) is 38.9 Å². The van der Waals surface area contributed by atoms with Crippen LogP contribution in [0.4, 0.5) is 0 Å². The number of rotatable bonds is 10. The Morgan fingerprint density at radius 3 is 1.85 bits per heavy atom. The van der Waals surface area contributed by atoms with E-state index < -0.39 is 0 Å². The molecule has 2 heteroatoms. The molecular weight excluding hydrogens is 496 g/mol. The molecule has 0 aliphatic carbocycles. The zero-order chi connectivity index (χ0) is 29.5. The minimum absolute atomic E-state index is 0.0370. The lowest BCUT2D eigenvalue weighted by molar-refractivity contribution is 0.111. The number of benzene rings is 3. The summed E-state index contributed by atoms with van der Waals surface area (Å²) in [6, 6.07) is 29.2. The van der Waals surface area contributed by atoms with Crippen LogP contribution in [-0.2, 0) is 5.54 Å². The maximum Gasteiger partial charge on any atom is 0.0607 e. The summed E-state index contributed by atoms with van der Waals surface area (Å²) >= 11 is 0. The molecule has 0 saturated carbocycles. The largest absolute Gasteiger partial charge is 0.303 e. The Morgan fingerprint density at radius 1 is 0.805 bits per heavy atom. The Hall–Kier alpha value is -3.20. The van der Waals surface area contributed by atoms with Crippen LogP contribution in [0.3, 0.4) is 0 Å². The van der Waals surface area contributed by atoms with Gasteiger partial charge in [-0.2, -0.15) is 0 Å². The molecule has 0 aromatic heterocycles. The first-order valence-electron chi connectivity index (χ1n) is 15.6. The van der Waals surface area contributed by atoms with Crippen LogP contribution >= 0.6 is 0 Å². The fourth-order valence-corrected chi connectivity index (χ4v) is 5.82. The lowest BCUT2D eigenvalue weighted by Gasteiger charge is -2.46. The Labute approximate surface area is 250 Å². The van der Waals surface area contributed by atoms with Crippen LogP contribution in [0.1, 0.15) is 87.2 Å². The zero-order valence-electron chi connectivity index (χ0n) is 26.4. The van der Waals surface area contributed by atoms with Crippen LogP contribution in [0.25, 0.3) is 0 Å². The van der Waals surface area contributed by atoms with Gasteiger partial charge in [0.1, 0.15) is 0 Å². The summed E-state index contributed by atoms with van der Waals surface area (Å²) in [6.45, 7) is 15.9. The van der Waals surface area contributed by atoms with Crippen LogP contribution < -0.4 is 5.32 Å². The predicted molar refractivity (Wildman–Crippen MR) is 179 cm³/mol. The molecule has 1 heterocycles. The molecule has 0 amide bonds. The van der Waals surface area contributed by atoms with Crippen molar-refractivity contribution in [2.24, 2.45) is 0 Å². The molecule has 0 unspecified atom stereocenters. The molecule has 218 valence electrons. The van der Waals surface area contributed by atoms with E-state index in [1.54, 1.807) is 0 Å². The first-order valence-corrected chi connectivity index (χ1v) is 15.6. The van der Waals surface area contributed by atoms with E-state index in [9.17, 15) is 0 Å². The van der Waals surface area contributed by atoms with Crippen molar-refractivity contribution in [3.8, 4) is 0 Å². The van der Waals surface area contributed by atoms with E-state index in [1.165, 1.54) is 39.8 Å². The van der Waals surface area contributed by atoms with Crippen molar-refractivity contribution in [1.29, 1.82) is 0 Å². The van der Waals surface area contributed by atoms with Gasteiger partial charge >= 0.3 is 0 Å². The third kappa shape index (κ3) is 8.89. The van der Waals surface area contributed by atoms with Crippen molar-refractivity contribution in [3.05, 3.63) is 143 Å². The maximum atomic E-state index is 4.07. The second-order valence-electron chi connectivity index (χ2n) is 11.3. The summed E-state index contributed by atoms with van der Waals surface area (Å²) in [6.07, 6.45) is 15.3. The smallest absolute Gasteiger partial charge is 0.0607 e. The predicted octanol–water partition coefficient (Wildman–Crippen LogP) is 9.86. The number of aryl methyl sites for hydroxylation is 2. The molecule has 41 heavy (non-hydrogen) atoms. The van der Waals surface area contributed by atoms with Crippen molar-refractivity contribution in [1.82, 2.24) is 10.2 Å². The van der Waals surface area contributed by atoms with Crippen LogP contribution in [0.2, 0.25) is 0 Å². The van der Waals surface area contributed by atoms with E-state index >= 15 is 0 Å². The highest BCUT2D eigenvalue weighted by molar-refractivity contribution is 5.41. The van der Waals surface area contributed by atoms with Gasteiger partial charge in [-0.05, 0) is 74.8 Å². The molecule has 1 fully saturated rings. The standard InChI is InChI=1S/C36H44N2.C3H8/c1-5-7-18-31(19-8-6-2)28-37-36(32-20-10-9-11-21-32)24-26-38(27-25-36)35(33-22-14-12-16-29(33)3)34-23-15-13-17-30(34)4;1-3-2/h5-18,20-23,35,37H,19,24-28H2,1-4H3;3H2,1-2H3/b7-5-,8-6+,31-18+;. The third-order valence-corrected chi connectivity index (χ3v) is 8.10. The molecule has 1 aliphatic rings. The SMILES string of the molecule is C/C=C\C=C(/C/C=C/C)CNC1(c2ccccc2)CCN(C(c2ccccc2C)c2ccccc2C)CC1.CCC. The van der Waals surface area contributed by atoms with E-state index in [4.69, 9.17) is 0 Å². The van der Waals surface area contributed by atoms with Crippen LogP contribution in [0.5, 0.6) is 0 Å². The van der Waals surface area contributed by atoms with Gasteiger partial charge in [0.2, 0.25) is 0 Å². The lowest BCUT2D eigenvalue weighted by Crippen LogP contribution is -2.52. The van der Waals surface area contributed by atoms with Crippen molar-refractivity contribution in [2.75, 3.05) is 19.6 Å². The summed E-state index contributed by atoms with van der Waals surface area (Å²) in [5.74, 6) is 0. The molecule has 0 atom stereocenters. The number of nitrogens with one attached hydrogen (secondary N) is 1. The van der Waals surface area contributed by atoms with E-state index in [1.807, 2.05) is 0 Å². The Morgan fingerprint density at radius 2 is 1.34 bits per heavy atom. The molecular formula is C39H52N2. The summed E-state index contributed by atoms with van der Waals surface area (Å²) in [4.78, 5) is 2.71. The highest BCUT2D eigenvalue weighted by Gasteiger charge is 2.38.